The van der Waals surface area contributed by atoms with Gasteiger partial charge in [0.25, 0.3) is 5.17 Å². The highest BCUT2D eigenvalue weighted by Crippen LogP contribution is 2.37. The second-order valence-corrected chi connectivity index (χ2v) is 5.02. The molecule has 1 fully saturated rings. The molecule has 1 aromatic rings. The molecule has 0 aromatic heterocycles. The van der Waals surface area contributed by atoms with Crippen LogP contribution in [0, 0.1) is 0 Å². The molecular weight excluding hydrogens is 309 g/mol. The van der Waals surface area contributed by atoms with Gasteiger partial charge in [0.1, 0.15) is 0 Å². The highest BCUT2D eigenvalue weighted by atomic mass is 35.5. The average molecular weight is 320 g/mol. The molecule has 19 heavy (non-hydrogen) atoms. The Hall–Kier alpha value is -1.04. The number of carbonyl (C=O) groups excluding carboxylic acids is 1. The molecule has 0 unspecified atom stereocenters. The lowest BCUT2D eigenvalue weighted by molar-refractivity contribution is -0.146. The molecule has 0 amide bonds. The Morgan fingerprint density at radius 2 is 2.11 bits per heavy atom. The number of hydrogen-bond acceptors (Lipinski definition) is 4. The summed E-state index contributed by atoms with van der Waals surface area (Å²) in [6.45, 7) is 2.00. The van der Waals surface area contributed by atoms with Crippen LogP contribution in [0.3, 0.4) is 0 Å². The number of rotatable bonds is 3. The first-order valence-corrected chi connectivity index (χ1v) is 6.78. The molecule has 0 spiro atoms. The molecule has 0 saturated carbocycles. The van der Waals surface area contributed by atoms with Crippen molar-refractivity contribution in [2.45, 2.75) is 19.1 Å². The standard InChI is InChI=1S/C12H11Cl2NO3S/c1-2-17-11(16)9-10(18-12(19)15-9)8-6(13)4-3-5-7(8)14/h3-5,9-10H,2H2,1H3,(H,15,19)/t9-,10-/m1/s1. The Morgan fingerprint density at radius 1 is 1.47 bits per heavy atom. The summed E-state index contributed by atoms with van der Waals surface area (Å²) < 4.78 is 10.4. The van der Waals surface area contributed by atoms with E-state index in [1.165, 1.54) is 0 Å². The Labute approximate surface area is 126 Å². The molecule has 1 heterocycles. The molecule has 1 aromatic carbocycles. The Kier molecular flexibility index (Phi) is 4.50. The van der Waals surface area contributed by atoms with E-state index in [1.807, 2.05) is 0 Å². The van der Waals surface area contributed by atoms with Crippen molar-refractivity contribution in [1.29, 1.82) is 0 Å². The number of thiocarbonyl (C=S) groups is 1. The fourth-order valence-corrected chi connectivity index (χ4v) is 2.69. The highest BCUT2D eigenvalue weighted by Gasteiger charge is 2.41. The van der Waals surface area contributed by atoms with Crippen molar-refractivity contribution in [2.75, 3.05) is 6.61 Å². The Morgan fingerprint density at radius 3 is 2.68 bits per heavy atom. The lowest BCUT2D eigenvalue weighted by Crippen LogP contribution is -2.37. The molecule has 1 aliphatic rings. The van der Waals surface area contributed by atoms with Gasteiger partial charge in [-0.25, -0.2) is 4.79 Å². The molecule has 2 rings (SSSR count). The van der Waals surface area contributed by atoms with Crippen molar-refractivity contribution in [3.05, 3.63) is 33.8 Å². The summed E-state index contributed by atoms with van der Waals surface area (Å²) in [5.74, 6) is -0.455. The first kappa shape index (κ1) is 14.4. The quantitative estimate of drug-likeness (QED) is 0.685. The normalized spacial score (nSPS) is 21.7. The van der Waals surface area contributed by atoms with Gasteiger partial charge < -0.3 is 14.8 Å². The van der Waals surface area contributed by atoms with E-state index < -0.39 is 18.1 Å². The van der Waals surface area contributed by atoms with Crippen molar-refractivity contribution in [3.63, 3.8) is 0 Å². The maximum absolute atomic E-state index is 11.9. The van der Waals surface area contributed by atoms with E-state index in [2.05, 4.69) is 5.32 Å². The maximum Gasteiger partial charge on any atom is 0.332 e. The number of nitrogens with one attached hydrogen (secondary N) is 1. The van der Waals surface area contributed by atoms with Gasteiger partial charge in [0.15, 0.2) is 12.1 Å². The third-order valence-corrected chi connectivity index (χ3v) is 3.51. The van der Waals surface area contributed by atoms with E-state index >= 15 is 0 Å². The minimum atomic E-state index is -0.746. The molecule has 1 saturated heterocycles. The zero-order valence-corrected chi connectivity index (χ0v) is 12.3. The summed E-state index contributed by atoms with van der Waals surface area (Å²) in [6, 6.07) is 4.32. The van der Waals surface area contributed by atoms with Crippen molar-refractivity contribution < 1.29 is 14.3 Å². The molecule has 102 valence electrons. The van der Waals surface area contributed by atoms with Gasteiger partial charge in [0.2, 0.25) is 0 Å². The summed E-state index contributed by atoms with van der Waals surface area (Å²) in [5.41, 5.74) is 0.524. The van der Waals surface area contributed by atoms with Crippen LogP contribution < -0.4 is 5.32 Å². The lowest BCUT2D eigenvalue weighted by Gasteiger charge is -2.18. The molecule has 0 bridgehead atoms. The zero-order chi connectivity index (χ0) is 14.0. The van der Waals surface area contributed by atoms with E-state index in [0.29, 0.717) is 15.6 Å². The molecule has 0 aliphatic carbocycles. The second-order valence-electron chi connectivity index (χ2n) is 3.84. The Balaban J connectivity index is 2.36. The van der Waals surface area contributed by atoms with Gasteiger partial charge in [0.05, 0.1) is 6.61 Å². The fourth-order valence-electron chi connectivity index (χ4n) is 1.84. The van der Waals surface area contributed by atoms with Crippen LogP contribution in [-0.2, 0) is 14.3 Å². The number of hydrogen-bond donors (Lipinski definition) is 1. The van der Waals surface area contributed by atoms with Crippen LogP contribution in [0.5, 0.6) is 0 Å². The number of benzene rings is 1. The van der Waals surface area contributed by atoms with Gasteiger partial charge >= 0.3 is 5.97 Å². The topological polar surface area (TPSA) is 47.6 Å². The van der Waals surface area contributed by atoms with E-state index in [1.54, 1.807) is 25.1 Å². The van der Waals surface area contributed by atoms with Gasteiger partial charge in [-0.1, -0.05) is 29.3 Å². The van der Waals surface area contributed by atoms with Crippen LogP contribution in [0.1, 0.15) is 18.6 Å². The predicted octanol–water partition coefficient (Wildman–Crippen LogP) is 2.87. The highest BCUT2D eigenvalue weighted by molar-refractivity contribution is 7.80. The van der Waals surface area contributed by atoms with Crippen LogP contribution in [0.4, 0.5) is 0 Å². The number of halogens is 2. The first-order valence-electron chi connectivity index (χ1n) is 5.62. The zero-order valence-electron chi connectivity index (χ0n) is 9.98. The minimum Gasteiger partial charge on any atom is -0.464 e. The smallest absolute Gasteiger partial charge is 0.332 e. The number of ether oxygens (including phenoxy) is 2. The molecule has 1 aliphatic heterocycles. The van der Waals surface area contributed by atoms with E-state index in [4.69, 9.17) is 44.9 Å². The van der Waals surface area contributed by atoms with Crippen molar-refractivity contribution in [2.24, 2.45) is 0 Å². The first-order chi connectivity index (χ1) is 9.04. The van der Waals surface area contributed by atoms with Crippen molar-refractivity contribution in [3.8, 4) is 0 Å². The van der Waals surface area contributed by atoms with Crippen LogP contribution in [-0.4, -0.2) is 23.8 Å². The van der Waals surface area contributed by atoms with E-state index in [-0.39, 0.29) is 11.8 Å². The van der Waals surface area contributed by atoms with Crippen LogP contribution >= 0.6 is 35.4 Å². The third kappa shape index (κ3) is 2.94. The predicted molar refractivity (Wildman–Crippen MR) is 76.4 cm³/mol. The minimum absolute atomic E-state index is 0.124. The molecule has 1 N–H and O–H groups in total. The summed E-state index contributed by atoms with van der Waals surface area (Å²) in [5, 5.41) is 3.71. The lowest BCUT2D eigenvalue weighted by atomic mass is 10.0. The molecule has 2 atom stereocenters. The largest absolute Gasteiger partial charge is 0.464 e. The number of carbonyl (C=O) groups is 1. The summed E-state index contributed by atoms with van der Waals surface area (Å²) >= 11 is 17.2. The number of esters is 1. The average Bonchev–Trinajstić information content (AvgIpc) is 2.71. The maximum atomic E-state index is 11.9. The molecule has 0 radical (unpaired) electrons. The van der Waals surface area contributed by atoms with Gasteiger partial charge in [-0.3, -0.25) is 0 Å². The fraction of sp³-hybridized carbons (Fsp3) is 0.333. The molecule has 7 heteroatoms. The summed E-state index contributed by atoms with van der Waals surface area (Å²) in [6.07, 6.45) is -0.687. The monoisotopic (exact) mass is 319 g/mol. The molecule has 4 nitrogen and oxygen atoms in total. The van der Waals surface area contributed by atoms with Gasteiger partial charge in [-0.05, 0) is 31.3 Å². The van der Waals surface area contributed by atoms with E-state index in [0.717, 1.165) is 0 Å². The van der Waals surface area contributed by atoms with Crippen LogP contribution in [0.2, 0.25) is 10.0 Å². The van der Waals surface area contributed by atoms with Crippen molar-refractivity contribution >= 4 is 46.6 Å². The summed E-state index contributed by atoms with van der Waals surface area (Å²) in [7, 11) is 0. The third-order valence-electron chi connectivity index (χ3n) is 2.63. The molecular formula is C12H11Cl2NO3S. The Bertz CT molecular complexity index is 503. The van der Waals surface area contributed by atoms with Crippen LogP contribution in [0.15, 0.2) is 18.2 Å². The van der Waals surface area contributed by atoms with Gasteiger partial charge in [-0.2, -0.15) is 0 Å². The van der Waals surface area contributed by atoms with E-state index in [9.17, 15) is 4.79 Å². The van der Waals surface area contributed by atoms with Gasteiger partial charge in [0, 0.05) is 15.6 Å². The second kappa shape index (κ2) is 5.94. The van der Waals surface area contributed by atoms with Gasteiger partial charge in [-0.15, -0.1) is 0 Å². The SMILES string of the molecule is CCOC(=O)[C@@H]1NC(=S)O[C@@H]1c1c(Cl)cccc1Cl. The van der Waals surface area contributed by atoms with Crippen LogP contribution in [0.25, 0.3) is 0 Å². The summed E-state index contributed by atoms with van der Waals surface area (Å²) in [4.78, 5) is 11.9. The van der Waals surface area contributed by atoms with Crippen molar-refractivity contribution in [1.82, 2.24) is 5.32 Å².